The summed E-state index contributed by atoms with van der Waals surface area (Å²) in [5.74, 6) is -0.954. The van der Waals surface area contributed by atoms with Crippen molar-refractivity contribution in [2.45, 2.75) is 13.8 Å². The standard InChI is InChI=1S/C23H21NO4/c1-3-27-22(25)20-17-11-6-5-7-12-18(17)21(23(26)28-4-2)19(20)14-13-16-10-8-9-15-24-16/h5-15H,3-4H2,1-2H3/b14-13+. The molecule has 1 aromatic rings. The highest BCUT2D eigenvalue weighted by molar-refractivity contribution is 6.13. The molecule has 5 heteroatoms. The van der Waals surface area contributed by atoms with Gasteiger partial charge in [0, 0.05) is 11.8 Å². The van der Waals surface area contributed by atoms with E-state index in [0.29, 0.717) is 33.5 Å². The van der Waals surface area contributed by atoms with Crippen LogP contribution in [0, 0.1) is 0 Å². The van der Waals surface area contributed by atoms with Crippen LogP contribution >= 0.6 is 0 Å². The molecule has 0 saturated heterocycles. The fraction of sp³-hybridized carbons (Fsp3) is 0.174. The van der Waals surface area contributed by atoms with Gasteiger partial charge in [0.1, 0.15) is 0 Å². The second-order valence-electron chi connectivity index (χ2n) is 5.93. The third-order valence-electron chi connectivity index (χ3n) is 4.18. The van der Waals surface area contributed by atoms with Crippen molar-refractivity contribution in [2.24, 2.45) is 0 Å². The summed E-state index contributed by atoms with van der Waals surface area (Å²) < 4.78 is 10.5. The molecule has 0 radical (unpaired) electrons. The van der Waals surface area contributed by atoms with Gasteiger partial charge in [0.15, 0.2) is 0 Å². The molecule has 28 heavy (non-hydrogen) atoms. The van der Waals surface area contributed by atoms with Crippen molar-refractivity contribution in [1.29, 1.82) is 0 Å². The number of carbonyl (C=O) groups excluding carboxylic acids is 2. The normalized spacial score (nSPS) is 10.9. The molecule has 0 bridgehead atoms. The van der Waals surface area contributed by atoms with Crippen LogP contribution in [-0.4, -0.2) is 30.1 Å². The van der Waals surface area contributed by atoms with E-state index in [9.17, 15) is 9.59 Å². The van der Waals surface area contributed by atoms with Crippen molar-refractivity contribution in [1.82, 2.24) is 4.98 Å². The van der Waals surface area contributed by atoms with Crippen LogP contribution in [0.15, 0.2) is 54.7 Å². The van der Waals surface area contributed by atoms with E-state index in [2.05, 4.69) is 4.98 Å². The monoisotopic (exact) mass is 375 g/mol. The predicted octanol–water partition coefficient (Wildman–Crippen LogP) is 4.71. The number of pyridine rings is 1. The molecule has 1 heterocycles. The highest BCUT2D eigenvalue weighted by Gasteiger charge is 2.30. The zero-order valence-electron chi connectivity index (χ0n) is 15.8. The topological polar surface area (TPSA) is 65.5 Å². The number of rotatable bonds is 6. The van der Waals surface area contributed by atoms with Crippen molar-refractivity contribution >= 4 is 24.1 Å². The van der Waals surface area contributed by atoms with E-state index >= 15 is 0 Å². The second kappa shape index (κ2) is 8.95. The smallest absolute Gasteiger partial charge is 0.339 e. The summed E-state index contributed by atoms with van der Waals surface area (Å²) in [4.78, 5) is 29.8. The minimum absolute atomic E-state index is 0.239. The van der Waals surface area contributed by atoms with Crippen LogP contribution in [0.4, 0.5) is 0 Å². The molecule has 0 unspecified atom stereocenters. The maximum atomic E-state index is 12.8. The Balaban J connectivity index is 2.27. The SMILES string of the molecule is CCOC(=O)c1c2cccccc-2c(C(=O)OCC)c1/C=C/c1ccccn1. The van der Waals surface area contributed by atoms with E-state index in [-0.39, 0.29) is 13.2 Å². The van der Waals surface area contributed by atoms with Gasteiger partial charge >= 0.3 is 11.9 Å². The third kappa shape index (κ3) is 3.93. The molecule has 0 spiro atoms. The van der Waals surface area contributed by atoms with Gasteiger partial charge in [-0.2, -0.15) is 0 Å². The lowest BCUT2D eigenvalue weighted by Gasteiger charge is -2.05. The van der Waals surface area contributed by atoms with Crippen LogP contribution in [0.25, 0.3) is 23.3 Å². The van der Waals surface area contributed by atoms with Gasteiger partial charge in [-0.1, -0.05) is 42.5 Å². The van der Waals surface area contributed by atoms with Gasteiger partial charge in [-0.3, -0.25) is 4.98 Å². The van der Waals surface area contributed by atoms with Crippen LogP contribution < -0.4 is 0 Å². The average molecular weight is 375 g/mol. The number of nitrogens with zero attached hydrogens (tertiary/aromatic N) is 1. The molecule has 0 aromatic carbocycles. The van der Waals surface area contributed by atoms with Gasteiger partial charge in [-0.05, 0) is 43.2 Å². The highest BCUT2D eigenvalue weighted by Crippen LogP contribution is 2.38. The fourth-order valence-corrected chi connectivity index (χ4v) is 3.05. The number of esters is 2. The molecule has 0 amide bonds. The molecule has 5 nitrogen and oxygen atoms in total. The number of hydrogen-bond acceptors (Lipinski definition) is 5. The number of fused-ring (bicyclic) bond motifs is 1. The third-order valence-corrected chi connectivity index (χ3v) is 4.18. The van der Waals surface area contributed by atoms with Crippen molar-refractivity contribution < 1.29 is 19.1 Å². The molecule has 0 N–H and O–H groups in total. The molecule has 3 rings (SSSR count). The van der Waals surface area contributed by atoms with Crippen LogP contribution in [0.5, 0.6) is 0 Å². The lowest BCUT2D eigenvalue weighted by atomic mass is 10.1. The summed E-state index contributed by atoms with van der Waals surface area (Å²) in [5.41, 5.74) is 3.18. The fourth-order valence-electron chi connectivity index (χ4n) is 3.05. The van der Waals surface area contributed by atoms with Crippen molar-refractivity contribution in [3.05, 3.63) is 77.1 Å². The predicted molar refractivity (Wildman–Crippen MR) is 108 cm³/mol. The summed E-state index contributed by atoms with van der Waals surface area (Å²) in [6.07, 6.45) is 5.17. The Morgan fingerprint density at radius 1 is 0.821 bits per heavy atom. The molecule has 0 fully saturated rings. The Morgan fingerprint density at radius 2 is 1.39 bits per heavy atom. The maximum Gasteiger partial charge on any atom is 0.339 e. The van der Waals surface area contributed by atoms with Gasteiger partial charge in [-0.15, -0.1) is 0 Å². The molecule has 0 saturated carbocycles. The van der Waals surface area contributed by atoms with Crippen LogP contribution in [0.1, 0.15) is 45.8 Å². The first kappa shape index (κ1) is 19.3. The van der Waals surface area contributed by atoms with E-state index < -0.39 is 11.9 Å². The number of carbonyl (C=O) groups is 2. The molecule has 142 valence electrons. The Kier molecular flexibility index (Phi) is 6.17. The molecule has 2 aliphatic rings. The minimum Gasteiger partial charge on any atom is -0.462 e. The zero-order chi connectivity index (χ0) is 19.9. The van der Waals surface area contributed by atoms with E-state index in [1.807, 2.05) is 48.5 Å². The van der Waals surface area contributed by atoms with Gasteiger partial charge in [0.05, 0.1) is 30.0 Å². The largest absolute Gasteiger partial charge is 0.462 e. The molecule has 0 aliphatic heterocycles. The molecular weight excluding hydrogens is 354 g/mol. The first-order valence-corrected chi connectivity index (χ1v) is 9.15. The molecule has 0 atom stereocenters. The molecule has 2 aliphatic carbocycles. The Morgan fingerprint density at radius 3 is 1.89 bits per heavy atom. The summed E-state index contributed by atoms with van der Waals surface area (Å²) in [7, 11) is 0. The number of ether oxygens (including phenoxy) is 2. The maximum absolute atomic E-state index is 12.8. The van der Waals surface area contributed by atoms with Crippen LogP contribution in [0.2, 0.25) is 0 Å². The molecule has 1 aromatic heterocycles. The van der Waals surface area contributed by atoms with Crippen molar-refractivity contribution in [3.8, 4) is 11.1 Å². The van der Waals surface area contributed by atoms with Crippen LogP contribution in [-0.2, 0) is 9.47 Å². The number of aromatic nitrogens is 1. The summed E-state index contributed by atoms with van der Waals surface area (Å²) in [6, 6.07) is 14.6. The van der Waals surface area contributed by atoms with E-state index in [1.54, 1.807) is 32.2 Å². The van der Waals surface area contributed by atoms with E-state index in [1.165, 1.54) is 0 Å². The Labute approximate surface area is 164 Å². The van der Waals surface area contributed by atoms with Gasteiger partial charge < -0.3 is 9.47 Å². The zero-order valence-corrected chi connectivity index (χ0v) is 15.8. The van der Waals surface area contributed by atoms with Crippen molar-refractivity contribution in [3.63, 3.8) is 0 Å². The average Bonchev–Trinajstić information content (AvgIpc) is 2.82. The lowest BCUT2D eigenvalue weighted by molar-refractivity contribution is 0.0525. The first-order valence-electron chi connectivity index (χ1n) is 9.15. The van der Waals surface area contributed by atoms with Gasteiger partial charge in [0.2, 0.25) is 0 Å². The Hall–Kier alpha value is -3.47. The van der Waals surface area contributed by atoms with Crippen molar-refractivity contribution in [2.75, 3.05) is 13.2 Å². The first-order chi connectivity index (χ1) is 13.7. The minimum atomic E-state index is -0.477. The van der Waals surface area contributed by atoms with Gasteiger partial charge in [0.25, 0.3) is 0 Å². The summed E-state index contributed by atoms with van der Waals surface area (Å²) in [6.45, 7) is 3.97. The molecular formula is C23H21NO4. The second-order valence-corrected chi connectivity index (χ2v) is 5.93. The summed E-state index contributed by atoms with van der Waals surface area (Å²) >= 11 is 0. The van der Waals surface area contributed by atoms with E-state index in [4.69, 9.17) is 9.47 Å². The summed E-state index contributed by atoms with van der Waals surface area (Å²) in [5, 5.41) is 0. The highest BCUT2D eigenvalue weighted by atomic mass is 16.5. The van der Waals surface area contributed by atoms with E-state index in [0.717, 1.165) is 0 Å². The van der Waals surface area contributed by atoms with Gasteiger partial charge in [-0.25, -0.2) is 9.59 Å². The van der Waals surface area contributed by atoms with Crippen LogP contribution in [0.3, 0.4) is 0 Å². The quantitative estimate of drug-likeness (QED) is 0.584. The number of hydrogen-bond donors (Lipinski definition) is 0. The Bertz CT molecular complexity index is 926. The lowest BCUT2D eigenvalue weighted by Crippen LogP contribution is -2.08.